The van der Waals surface area contributed by atoms with E-state index in [2.05, 4.69) is 4.90 Å². The summed E-state index contributed by atoms with van der Waals surface area (Å²) in [5.74, 6) is 0. The Morgan fingerprint density at radius 1 is 1.46 bits per heavy atom. The Hall–Kier alpha value is -0.580. The van der Waals surface area contributed by atoms with Gasteiger partial charge in [-0.15, -0.1) is 11.3 Å². The van der Waals surface area contributed by atoms with Crippen molar-refractivity contribution < 1.29 is 4.74 Å². The van der Waals surface area contributed by atoms with E-state index in [-0.39, 0.29) is 0 Å². The Morgan fingerprint density at radius 3 is 2.85 bits per heavy atom. The minimum Gasteiger partial charge on any atom is -0.398 e. The first kappa shape index (κ1) is 8.99. The smallest absolute Gasteiger partial charge is 0.0594 e. The van der Waals surface area contributed by atoms with Crippen LogP contribution in [0.25, 0.3) is 0 Å². The van der Waals surface area contributed by atoms with Crippen molar-refractivity contribution in [3.63, 3.8) is 0 Å². The number of nitrogens with zero attached hydrogens (tertiary/aromatic N) is 1. The number of anilines is 1. The zero-order valence-corrected chi connectivity index (χ0v) is 8.35. The lowest BCUT2D eigenvalue weighted by molar-refractivity contribution is 0.0347. The molecule has 1 saturated heterocycles. The fourth-order valence-electron chi connectivity index (χ4n) is 1.44. The van der Waals surface area contributed by atoms with E-state index in [0.717, 1.165) is 38.5 Å². The fraction of sp³-hybridized carbons (Fsp3) is 0.556. The second kappa shape index (κ2) is 4.09. The summed E-state index contributed by atoms with van der Waals surface area (Å²) in [7, 11) is 0. The number of nitrogen functional groups attached to an aromatic ring is 1. The fourth-order valence-corrected chi connectivity index (χ4v) is 2.28. The first-order chi connectivity index (χ1) is 6.36. The van der Waals surface area contributed by atoms with Crippen molar-refractivity contribution in [2.75, 3.05) is 32.0 Å². The number of rotatable bonds is 2. The summed E-state index contributed by atoms with van der Waals surface area (Å²) in [6.45, 7) is 4.73. The lowest BCUT2D eigenvalue weighted by Crippen LogP contribution is -2.35. The van der Waals surface area contributed by atoms with Crippen LogP contribution in [-0.4, -0.2) is 31.2 Å². The van der Waals surface area contributed by atoms with Crippen molar-refractivity contribution in [2.45, 2.75) is 6.54 Å². The number of hydrogen-bond acceptors (Lipinski definition) is 4. The van der Waals surface area contributed by atoms with Crippen molar-refractivity contribution in [1.82, 2.24) is 4.90 Å². The van der Waals surface area contributed by atoms with Gasteiger partial charge in [-0.25, -0.2) is 0 Å². The van der Waals surface area contributed by atoms with Gasteiger partial charge in [-0.2, -0.15) is 0 Å². The van der Waals surface area contributed by atoms with Gasteiger partial charge in [0, 0.05) is 30.2 Å². The molecule has 0 aliphatic carbocycles. The lowest BCUT2D eigenvalue weighted by atomic mass is 10.3. The molecule has 2 heterocycles. The topological polar surface area (TPSA) is 38.5 Å². The van der Waals surface area contributed by atoms with E-state index in [9.17, 15) is 0 Å². The molecular weight excluding hydrogens is 184 g/mol. The molecule has 0 atom stereocenters. The van der Waals surface area contributed by atoms with Gasteiger partial charge in [-0.05, 0) is 11.4 Å². The molecular formula is C9H14N2OS. The number of hydrogen-bond donors (Lipinski definition) is 1. The summed E-state index contributed by atoms with van der Waals surface area (Å²) in [5.41, 5.74) is 6.74. The monoisotopic (exact) mass is 198 g/mol. The number of morpholine rings is 1. The molecule has 0 aromatic carbocycles. The minimum absolute atomic E-state index is 0.852. The molecule has 0 amide bonds. The molecule has 1 fully saturated rings. The first-order valence-electron chi connectivity index (χ1n) is 4.48. The van der Waals surface area contributed by atoms with Crippen molar-refractivity contribution in [2.24, 2.45) is 0 Å². The SMILES string of the molecule is Nc1ccsc1CN1CCOCC1. The predicted molar refractivity (Wildman–Crippen MR) is 54.8 cm³/mol. The van der Waals surface area contributed by atoms with Crippen LogP contribution in [0.5, 0.6) is 0 Å². The summed E-state index contributed by atoms with van der Waals surface area (Å²) >= 11 is 1.74. The minimum atomic E-state index is 0.852. The normalized spacial score (nSPS) is 19.1. The van der Waals surface area contributed by atoms with Crippen LogP contribution in [0.3, 0.4) is 0 Å². The Bertz CT molecular complexity index is 268. The Kier molecular flexibility index (Phi) is 2.83. The van der Waals surface area contributed by atoms with Crippen LogP contribution in [-0.2, 0) is 11.3 Å². The van der Waals surface area contributed by atoms with Gasteiger partial charge in [0.05, 0.1) is 13.2 Å². The molecule has 1 aliphatic rings. The van der Waals surface area contributed by atoms with Crippen molar-refractivity contribution in [3.8, 4) is 0 Å². The molecule has 2 rings (SSSR count). The molecule has 1 aliphatic heterocycles. The largest absolute Gasteiger partial charge is 0.398 e. The zero-order valence-electron chi connectivity index (χ0n) is 7.53. The zero-order chi connectivity index (χ0) is 9.10. The summed E-state index contributed by atoms with van der Waals surface area (Å²) in [4.78, 5) is 3.66. The molecule has 2 N–H and O–H groups in total. The van der Waals surface area contributed by atoms with Crippen molar-refractivity contribution in [3.05, 3.63) is 16.3 Å². The average molecular weight is 198 g/mol. The van der Waals surface area contributed by atoms with Gasteiger partial charge < -0.3 is 10.5 Å². The molecule has 4 heteroatoms. The summed E-state index contributed by atoms with van der Waals surface area (Å²) in [6.07, 6.45) is 0. The number of nitrogens with two attached hydrogens (primary N) is 1. The van der Waals surface area contributed by atoms with E-state index in [1.54, 1.807) is 11.3 Å². The van der Waals surface area contributed by atoms with E-state index in [0.29, 0.717) is 0 Å². The van der Waals surface area contributed by atoms with Crippen LogP contribution in [0, 0.1) is 0 Å². The number of ether oxygens (including phenoxy) is 1. The highest BCUT2D eigenvalue weighted by atomic mass is 32.1. The standard InChI is InChI=1S/C9H14N2OS/c10-8-1-6-13-9(8)7-11-2-4-12-5-3-11/h1,6H,2-5,7,10H2. The molecule has 0 radical (unpaired) electrons. The second-order valence-electron chi connectivity index (χ2n) is 3.19. The van der Waals surface area contributed by atoms with E-state index >= 15 is 0 Å². The third-order valence-electron chi connectivity index (χ3n) is 2.25. The quantitative estimate of drug-likeness (QED) is 0.775. The molecule has 0 unspecified atom stereocenters. The number of thiophene rings is 1. The third kappa shape index (κ3) is 2.21. The average Bonchev–Trinajstić information content (AvgIpc) is 2.54. The summed E-state index contributed by atoms with van der Waals surface area (Å²) in [6, 6.07) is 1.97. The van der Waals surface area contributed by atoms with Gasteiger partial charge in [-0.3, -0.25) is 4.90 Å². The Labute approximate surface area is 82.1 Å². The second-order valence-corrected chi connectivity index (χ2v) is 4.19. The maximum Gasteiger partial charge on any atom is 0.0594 e. The molecule has 0 saturated carbocycles. The summed E-state index contributed by atoms with van der Waals surface area (Å²) < 4.78 is 5.28. The molecule has 3 nitrogen and oxygen atoms in total. The van der Waals surface area contributed by atoms with Gasteiger partial charge in [0.2, 0.25) is 0 Å². The third-order valence-corrected chi connectivity index (χ3v) is 3.17. The van der Waals surface area contributed by atoms with Crippen molar-refractivity contribution >= 4 is 17.0 Å². The van der Waals surface area contributed by atoms with Crippen LogP contribution < -0.4 is 5.73 Å². The van der Waals surface area contributed by atoms with Gasteiger partial charge in [0.15, 0.2) is 0 Å². The van der Waals surface area contributed by atoms with Crippen LogP contribution in [0.1, 0.15) is 4.88 Å². The van der Waals surface area contributed by atoms with E-state index in [1.807, 2.05) is 11.4 Å². The molecule has 0 spiro atoms. The van der Waals surface area contributed by atoms with Gasteiger partial charge in [-0.1, -0.05) is 0 Å². The molecule has 72 valence electrons. The molecule has 1 aromatic heterocycles. The van der Waals surface area contributed by atoms with Crippen LogP contribution in [0.2, 0.25) is 0 Å². The van der Waals surface area contributed by atoms with Crippen molar-refractivity contribution in [1.29, 1.82) is 0 Å². The molecule has 0 bridgehead atoms. The van der Waals surface area contributed by atoms with Crippen LogP contribution >= 0.6 is 11.3 Å². The maximum atomic E-state index is 5.81. The molecule has 13 heavy (non-hydrogen) atoms. The molecule has 1 aromatic rings. The Balaban J connectivity index is 1.93. The Morgan fingerprint density at radius 2 is 2.23 bits per heavy atom. The summed E-state index contributed by atoms with van der Waals surface area (Å²) in [5, 5.41) is 2.05. The maximum absolute atomic E-state index is 5.81. The van der Waals surface area contributed by atoms with E-state index in [4.69, 9.17) is 10.5 Å². The highest BCUT2D eigenvalue weighted by molar-refractivity contribution is 7.10. The van der Waals surface area contributed by atoms with Gasteiger partial charge >= 0.3 is 0 Å². The highest BCUT2D eigenvalue weighted by Crippen LogP contribution is 2.20. The van der Waals surface area contributed by atoms with Crippen LogP contribution in [0.4, 0.5) is 5.69 Å². The predicted octanol–water partition coefficient (Wildman–Crippen LogP) is 1.16. The lowest BCUT2D eigenvalue weighted by Gasteiger charge is -2.26. The van der Waals surface area contributed by atoms with E-state index in [1.165, 1.54) is 4.88 Å². The van der Waals surface area contributed by atoms with Crippen LogP contribution in [0.15, 0.2) is 11.4 Å². The first-order valence-corrected chi connectivity index (χ1v) is 5.36. The highest BCUT2D eigenvalue weighted by Gasteiger charge is 2.12. The van der Waals surface area contributed by atoms with Gasteiger partial charge in [0.1, 0.15) is 0 Å². The van der Waals surface area contributed by atoms with E-state index < -0.39 is 0 Å². The van der Waals surface area contributed by atoms with Gasteiger partial charge in [0.25, 0.3) is 0 Å².